The fraction of sp³-hybridized carbons (Fsp3) is 0.346. The van der Waals surface area contributed by atoms with Crippen LogP contribution in [-0.2, 0) is 11.0 Å². The van der Waals surface area contributed by atoms with E-state index in [1.165, 1.54) is 33.2 Å². The smallest absolute Gasteiger partial charge is 0.217 e. The monoisotopic (exact) mass is 370 g/mol. The molecule has 1 aliphatic heterocycles. The number of hydrogen-bond acceptors (Lipinski definition) is 1. The molecule has 0 radical (unpaired) electrons. The third-order valence-electron chi connectivity index (χ3n) is 7.69. The van der Waals surface area contributed by atoms with Gasteiger partial charge >= 0.3 is 0 Å². The summed E-state index contributed by atoms with van der Waals surface area (Å²) in [7, 11) is 0. The van der Waals surface area contributed by atoms with Gasteiger partial charge in [-0.15, -0.1) is 0 Å². The Bertz CT molecular complexity index is 1230. The first kappa shape index (κ1) is 17.5. The fourth-order valence-corrected chi connectivity index (χ4v) is 5.48. The van der Waals surface area contributed by atoms with Crippen LogP contribution in [0.2, 0.25) is 0 Å². The van der Waals surface area contributed by atoms with Crippen molar-refractivity contribution in [1.82, 2.24) is 0 Å². The van der Waals surface area contributed by atoms with Crippen LogP contribution in [-0.4, -0.2) is 0 Å². The third-order valence-corrected chi connectivity index (χ3v) is 7.69. The number of rotatable bonds is 2. The topological polar surface area (TPSA) is 17.0 Å². The van der Waals surface area contributed by atoms with E-state index in [-0.39, 0.29) is 11.0 Å². The molecule has 0 saturated carbocycles. The number of benzene rings is 2. The van der Waals surface area contributed by atoms with Crippen LogP contribution in [0, 0.1) is 6.92 Å². The Labute approximate surface area is 166 Å². The molecule has 5 rings (SSSR count). The Morgan fingerprint density at radius 1 is 0.857 bits per heavy atom. The Balaban J connectivity index is 2.00. The molecule has 28 heavy (non-hydrogen) atoms. The second kappa shape index (κ2) is 5.70. The van der Waals surface area contributed by atoms with Gasteiger partial charge in [0.15, 0.2) is 11.7 Å². The van der Waals surface area contributed by atoms with Crippen molar-refractivity contribution in [1.29, 1.82) is 0 Å². The summed E-state index contributed by atoms with van der Waals surface area (Å²) in [5.74, 6) is 0. The van der Waals surface area contributed by atoms with Gasteiger partial charge in [-0.3, -0.25) is 0 Å². The molecule has 0 saturated heterocycles. The first-order valence-corrected chi connectivity index (χ1v) is 10.4. The summed E-state index contributed by atoms with van der Waals surface area (Å²) in [6.45, 7) is 11.6. The summed E-state index contributed by atoms with van der Waals surface area (Å²) < 4.78 is 9.06. The normalized spacial score (nSPS) is 23.8. The highest BCUT2D eigenvalue weighted by atomic mass is 16.3. The van der Waals surface area contributed by atoms with Crippen molar-refractivity contribution in [3.63, 3.8) is 0 Å². The van der Waals surface area contributed by atoms with Crippen molar-refractivity contribution < 1.29 is 8.98 Å². The van der Waals surface area contributed by atoms with Crippen LogP contribution in [0.15, 0.2) is 59.1 Å². The van der Waals surface area contributed by atoms with Crippen LogP contribution in [0.5, 0.6) is 0 Å². The summed E-state index contributed by atoms with van der Waals surface area (Å²) in [5.41, 5.74) is 7.21. The van der Waals surface area contributed by atoms with Gasteiger partial charge in [-0.1, -0.05) is 44.2 Å². The zero-order valence-electron chi connectivity index (χ0n) is 17.5. The lowest BCUT2D eigenvalue weighted by molar-refractivity contribution is -0.765. The number of hydrogen-bond donors (Lipinski definition) is 0. The first-order chi connectivity index (χ1) is 13.5. The number of fused-ring (bicyclic) bond motifs is 7. The molecular weight excluding hydrogens is 342 g/mol. The number of aryl methyl sites for hydroxylation is 1. The van der Waals surface area contributed by atoms with Crippen LogP contribution < -0.4 is 4.57 Å². The molecule has 0 bridgehead atoms. The maximum absolute atomic E-state index is 6.56. The van der Waals surface area contributed by atoms with Crippen LogP contribution >= 0.6 is 0 Å². The highest BCUT2D eigenvalue weighted by Crippen LogP contribution is 2.52. The second-order valence-electron chi connectivity index (χ2n) is 8.69. The quantitative estimate of drug-likeness (QED) is 0.361. The molecule has 0 fully saturated rings. The van der Waals surface area contributed by atoms with Crippen LogP contribution in [0.4, 0.5) is 0 Å². The molecular formula is C26H28NO+. The summed E-state index contributed by atoms with van der Waals surface area (Å²) in [6.07, 6.45) is 4.41. The van der Waals surface area contributed by atoms with Crippen molar-refractivity contribution in [2.75, 3.05) is 0 Å². The largest absolute Gasteiger partial charge is 0.455 e. The van der Waals surface area contributed by atoms with Gasteiger partial charge in [0, 0.05) is 36.2 Å². The van der Waals surface area contributed by atoms with Gasteiger partial charge in [0.1, 0.15) is 11.2 Å². The molecule has 0 spiro atoms. The van der Waals surface area contributed by atoms with E-state index in [0.29, 0.717) is 0 Å². The molecule has 0 amide bonds. The van der Waals surface area contributed by atoms with E-state index in [2.05, 4.69) is 93.9 Å². The fourth-order valence-electron chi connectivity index (χ4n) is 5.48. The lowest BCUT2D eigenvalue weighted by Gasteiger charge is -2.45. The van der Waals surface area contributed by atoms with Crippen molar-refractivity contribution in [3.05, 3.63) is 65.9 Å². The number of furan rings is 1. The predicted octanol–water partition coefficient (Wildman–Crippen LogP) is 6.66. The summed E-state index contributed by atoms with van der Waals surface area (Å²) in [4.78, 5) is 0. The molecule has 142 valence electrons. The van der Waals surface area contributed by atoms with E-state index < -0.39 is 0 Å². The second-order valence-corrected chi connectivity index (χ2v) is 8.69. The number of pyridine rings is 1. The van der Waals surface area contributed by atoms with E-state index in [0.717, 1.165) is 24.0 Å². The highest BCUT2D eigenvalue weighted by Gasteiger charge is 2.56. The Morgan fingerprint density at radius 3 is 2.39 bits per heavy atom. The highest BCUT2D eigenvalue weighted by molar-refractivity contribution is 6.10. The van der Waals surface area contributed by atoms with Crippen LogP contribution in [0.25, 0.3) is 33.2 Å². The van der Waals surface area contributed by atoms with Crippen molar-refractivity contribution in [3.8, 4) is 11.3 Å². The van der Waals surface area contributed by atoms with Crippen molar-refractivity contribution in [2.45, 2.75) is 58.4 Å². The molecule has 0 aliphatic carbocycles. The molecule has 2 heteroatoms. The standard InChI is InChI=1S/C26H28NO/c1-6-25(4)20-15-14-19-18-12-10-11-17(3)23(18)28-24(19)22(20)21-13-8-9-16-27(21)26(25,5)7-2/h8-16H,6-7H2,1-5H3/q+1. The van der Waals surface area contributed by atoms with Gasteiger partial charge in [-0.2, -0.15) is 4.57 Å². The van der Waals surface area contributed by atoms with E-state index >= 15 is 0 Å². The maximum atomic E-state index is 6.56. The lowest BCUT2D eigenvalue weighted by atomic mass is 9.60. The SMILES string of the molecule is CCC1(C)c2ccc3c(oc4c(C)cccc43)c2-c2cccc[n+]2C1(C)CC. The maximum Gasteiger partial charge on any atom is 0.217 e. The van der Waals surface area contributed by atoms with Crippen LogP contribution in [0.1, 0.15) is 51.7 Å². The average Bonchev–Trinajstić information content (AvgIpc) is 3.11. The van der Waals surface area contributed by atoms with Gasteiger partial charge in [0.25, 0.3) is 0 Å². The average molecular weight is 371 g/mol. The number of para-hydroxylation sites is 1. The Hall–Kier alpha value is -2.61. The molecule has 2 aromatic heterocycles. The molecule has 0 N–H and O–H groups in total. The van der Waals surface area contributed by atoms with Crippen molar-refractivity contribution >= 4 is 21.9 Å². The minimum absolute atomic E-state index is 0.0148. The summed E-state index contributed by atoms with van der Waals surface area (Å²) in [5, 5.41) is 2.42. The molecule has 2 atom stereocenters. The summed E-state index contributed by atoms with van der Waals surface area (Å²) >= 11 is 0. The van der Waals surface area contributed by atoms with E-state index in [4.69, 9.17) is 4.42 Å². The van der Waals surface area contributed by atoms with Crippen molar-refractivity contribution in [2.24, 2.45) is 0 Å². The Kier molecular flexibility index (Phi) is 3.56. The first-order valence-electron chi connectivity index (χ1n) is 10.4. The molecule has 2 nitrogen and oxygen atoms in total. The molecule has 2 unspecified atom stereocenters. The molecule has 4 aromatic rings. The van der Waals surface area contributed by atoms with Gasteiger partial charge < -0.3 is 4.42 Å². The minimum Gasteiger partial charge on any atom is -0.455 e. The number of aromatic nitrogens is 1. The van der Waals surface area contributed by atoms with E-state index in [9.17, 15) is 0 Å². The zero-order chi connectivity index (χ0) is 19.7. The molecule has 2 aromatic carbocycles. The van der Waals surface area contributed by atoms with Gasteiger partial charge in [-0.25, -0.2) is 0 Å². The van der Waals surface area contributed by atoms with Crippen LogP contribution in [0.3, 0.4) is 0 Å². The lowest BCUT2D eigenvalue weighted by Crippen LogP contribution is -2.67. The summed E-state index contributed by atoms with van der Waals surface area (Å²) in [6, 6.07) is 17.6. The molecule has 3 heterocycles. The number of nitrogens with zero attached hydrogens (tertiary/aromatic N) is 1. The minimum atomic E-state index is 0.0148. The zero-order valence-corrected chi connectivity index (χ0v) is 17.5. The Morgan fingerprint density at radius 2 is 1.64 bits per heavy atom. The van der Waals surface area contributed by atoms with E-state index in [1.54, 1.807) is 0 Å². The van der Waals surface area contributed by atoms with Gasteiger partial charge in [-0.05, 0) is 37.5 Å². The molecule has 1 aliphatic rings. The van der Waals surface area contributed by atoms with E-state index in [1.807, 2.05) is 0 Å². The third kappa shape index (κ3) is 1.91. The van der Waals surface area contributed by atoms with Gasteiger partial charge in [0.05, 0.1) is 11.0 Å². The predicted molar refractivity (Wildman–Crippen MR) is 116 cm³/mol. The van der Waals surface area contributed by atoms with Gasteiger partial charge in [0.2, 0.25) is 5.69 Å².